The third-order valence-corrected chi connectivity index (χ3v) is 7.69. The first kappa shape index (κ1) is 19.6. The Morgan fingerprint density at radius 1 is 1.20 bits per heavy atom. The van der Waals surface area contributed by atoms with E-state index < -0.39 is 0 Å². The van der Waals surface area contributed by atoms with Gasteiger partial charge in [0.1, 0.15) is 0 Å². The Labute approximate surface area is 181 Å². The first-order chi connectivity index (χ1) is 14.6. The summed E-state index contributed by atoms with van der Waals surface area (Å²) in [4.78, 5) is 31.2. The Bertz CT molecular complexity index is 1140. The zero-order valence-electron chi connectivity index (χ0n) is 17.3. The predicted octanol–water partition coefficient (Wildman–Crippen LogP) is 5.10. The molecule has 0 radical (unpaired) electrons. The van der Waals surface area contributed by atoms with Crippen LogP contribution < -0.4 is 5.56 Å². The molecule has 0 aliphatic heterocycles. The number of hydrogen-bond acceptors (Lipinski definition) is 4. The molecule has 0 unspecified atom stereocenters. The first-order valence-electron chi connectivity index (χ1n) is 10.8. The molecule has 5 rings (SSSR count). The number of hydrogen-bond donors (Lipinski definition) is 0. The molecule has 0 N–H and O–H groups in total. The molecule has 4 nitrogen and oxygen atoms in total. The molecule has 3 aliphatic carbocycles. The Balaban J connectivity index is 1.57. The maximum Gasteiger partial charge on any atom is 0.258 e. The maximum absolute atomic E-state index is 13.6. The van der Waals surface area contributed by atoms with Gasteiger partial charge in [-0.05, 0) is 55.0 Å². The lowest BCUT2D eigenvalue weighted by atomic mass is 9.68. The fourth-order valence-electron chi connectivity index (χ4n) is 5.29. The fraction of sp³-hybridized carbons (Fsp3) is 0.400. The zero-order chi connectivity index (χ0) is 20.7. The van der Waals surface area contributed by atoms with Crippen LogP contribution in [0.5, 0.6) is 0 Å². The van der Waals surface area contributed by atoms with Crippen molar-refractivity contribution in [3.05, 3.63) is 69.5 Å². The molecule has 1 fully saturated rings. The van der Waals surface area contributed by atoms with E-state index in [1.807, 2.05) is 12.1 Å². The summed E-state index contributed by atoms with van der Waals surface area (Å²) in [6, 6.07) is 8.31. The van der Waals surface area contributed by atoms with Gasteiger partial charge in [0.2, 0.25) is 5.12 Å². The van der Waals surface area contributed by atoms with Gasteiger partial charge in [-0.25, -0.2) is 4.98 Å². The van der Waals surface area contributed by atoms with Gasteiger partial charge in [0.05, 0.1) is 11.3 Å². The molecule has 5 heteroatoms. The molecular weight excluding hydrogens is 392 g/mol. The van der Waals surface area contributed by atoms with Gasteiger partial charge in [-0.15, -0.1) is 0 Å². The summed E-state index contributed by atoms with van der Waals surface area (Å²) in [7, 11) is 1.76. The molecule has 1 spiro atoms. The molecule has 3 aliphatic rings. The van der Waals surface area contributed by atoms with Crippen LogP contribution in [0.25, 0.3) is 11.3 Å². The van der Waals surface area contributed by atoms with E-state index in [2.05, 4.69) is 30.4 Å². The molecule has 1 aromatic heterocycles. The fourth-order valence-corrected chi connectivity index (χ4v) is 6.09. The third kappa shape index (κ3) is 3.29. The first-order valence-corrected chi connectivity index (χ1v) is 11.7. The van der Waals surface area contributed by atoms with Crippen LogP contribution in [0.2, 0.25) is 0 Å². The normalized spacial score (nSPS) is 18.8. The van der Waals surface area contributed by atoms with E-state index in [0.717, 1.165) is 79.1 Å². The van der Waals surface area contributed by atoms with Crippen molar-refractivity contribution in [1.82, 2.24) is 9.55 Å². The van der Waals surface area contributed by atoms with Crippen molar-refractivity contribution in [1.29, 1.82) is 0 Å². The molecule has 154 valence electrons. The van der Waals surface area contributed by atoms with E-state index >= 15 is 0 Å². The second-order valence-corrected chi connectivity index (χ2v) is 9.74. The molecule has 0 bridgehead atoms. The molecular formula is C25H26N2O2S. The summed E-state index contributed by atoms with van der Waals surface area (Å²) in [5.74, 6) is 0. The van der Waals surface area contributed by atoms with Crippen molar-refractivity contribution in [2.75, 3.05) is 0 Å². The lowest BCUT2D eigenvalue weighted by Crippen LogP contribution is -2.39. The Morgan fingerprint density at radius 2 is 2.00 bits per heavy atom. The second kappa shape index (κ2) is 7.69. The van der Waals surface area contributed by atoms with Crippen LogP contribution in [0.3, 0.4) is 0 Å². The standard InChI is InChI=1S/C25H26N2O2S/c1-27-23(29)21-22(26-24(27)30-20(28)15-17-9-3-2-4-10-17)19-12-6-5-11-18(19)16-25(21)13-7-8-14-25/h3,5-6,9-12H,2,4,7-8,13-16H2,1H3. The highest BCUT2D eigenvalue weighted by Crippen LogP contribution is 2.49. The van der Waals surface area contributed by atoms with E-state index in [-0.39, 0.29) is 16.1 Å². The molecule has 0 saturated heterocycles. The minimum atomic E-state index is -0.101. The van der Waals surface area contributed by atoms with Gasteiger partial charge in [0.25, 0.3) is 5.56 Å². The highest BCUT2D eigenvalue weighted by atomic mass is 32.2. The minimum absolute atomic E-state index is 0.0171. The van der Waals surface area contributed by atoms with Crippen molar-refractivity contribution >= 4 is 16.9 Å². The number of rotatable bonds is 3. The van der Waals surface area contributed by atoms with E-state index in [1.54, 1.807) is 11.6 Å². The lowest BCUT2D eigenvalue weighted by molar-refractivity contribution is -0.110. The van der Waals surface area contributed by atoms with Crippen LogP contribution in [-0.4, -0.2) is 14.7 Å². The number of carbonyl (C=O) groups is 1. The number of aromatic nitrogens is 2. The predicted molar refractivity (Wildman–Crippen MR) is 121 cm³/mol. The van der Waals surface area contributed by atoms with Gasteiger partial charge >= 0.3 is 0 Å². The van der Waals surface area contributed by atoms with Crippen LogP contribution in [-0.2, 0) is 23.7 Å². The number of fused-ring (bicyclic) bond motifs is 4. The highest BCUT2D eigenvalue weighted by Gasteiger charge is 2.44. The van der Waals surface area contributed by atoms with Crippen LogP contribution in [0.4, 0.5) is 0 Å². The van der Waals surface area contributed by atoms with Gasteiger partial charge < -0.3 is 0 Å². The van der Waals surface area contributed by atoms with E-state index in [1.165, 1.54) is 5.56 Å². The van der Waals surface area contributed by atoms with Crippen molar-refractivity contribution in [2.45, 2.75) is 61.9 Å². The smallest absolute Gasteiger partial charge is 0.258 e. The number of allylic oxidation sites excluding steroid dienone is 4. The van der Waals surface area contributed by atoms with E-state index in [9.17, 15) is 9.59 Å². The SMILES string of the molecule is Cn1c(SC(=O)CC2=CCCC=C2)nc2c(c1=O)C1(CCCC1)Cc1ccccc1-2. The van der Waals surface area contributed by atoms with Crippen molar-refractivity contribution in [2.24, 2.45) is 7.05 Å². The Kier molecular flexibility index (Phi) is 5.02. The monoisotopic (exact) mass is 418 g/mol. The minimum Gasteiger partial charge on any atom is -0.290 e. The summed E-state index contributed by atoms with van der Waals surface area (Å²) >= 11 is 1.09. The second-order valence-electron chi connectivity index (χ2n) is 8.71. The Hall–Kier alpha value is -2.40. The van der Waals surface area contributed by atoms with Gasteiger partial charge in [0.15, 0.2) is 5.16 Å². The molecule has 1 aromatic carbocycles. The average Bonchev–Trinajstić information content (AvgIpc) is 3.20. The summed E-state index contributed by atoms with van der Waals surface area (Å²) in [5.41, 5.74) is 4.96. The van der Waals surface area contributed by atoms with Gasteiger partial charge in [-0.3, -0.25) is 14.2 Å². The number of thioether (sulfide) groups is 1. The average molecular weight is 419 g/mol. The van der Waals surface area contributed by atoms with E-state index in [0.29, 0.717) is 11.6 Å². The molecule has 1 saturated carbocycles. The number of benzene rings is 1. The van der Waals surface area contributed by atoms with Gasteiger partial charge in [0, 0.05) is 24.4 Å². The molecule has 0 atom stereocenters. The van der Waals surface area contributed by atoms with Crippen molar-refractivity contribution in [3.63, 3.8) is 0 Å². The number of nitrogens with zero attached hydrogens (tertiary/aromatic N) is 2. The highest BCUT2D eigenvalue weighted by molar-refractivity contribution is 8.13. The largest absolute Gasteiger partial charge is 0.290 e. The topological polar surface area (TPSA) is 52.0 Å². The van der Waals surface area contributed by atoms with E-state index in [4.69, 9.17) is 4.98 Å². The summed E-state index contributed by atoms with van der Waals surface area (Å²) in [6.45, 7) is 0. The third-order valence-electron chi connectivity index (χ3n) is 6.77. The summed E-state index contributed by atoms with van der Waals surface area (Å²) in [6.07, 6.45) is 14.0. The van der Waals surface area contributed by atoms with Gasteiger partial charge in [-0.1, -0.05) is 55.3 Å². The number of carbonyl (C=O) groups excluding carboxylic acids is 1. The maximum atomic E-state index is 13.6. The van der Waals surface area contributed by atoms with Crippen LogP contribution in [0.15, 0.2) is 58.0 Å². The molecule has 1 heterocycles. The van der Waals surface area contributed by atoms with Crippen molar-refractivity contribution < 1.29 is 4.79 Å². The van der Waals surface area contributed by atoms with Crippen LogP contribution in [0.1, 0.15) is 56.1 Å². The van der Waals surface area contributed by atoms with Crippen molar-refractivity contribution in [3.8, 4) is 11.3 Å². The molecule has 0 amide bonds. The summed E-state index contributed by atoms with van der Waals surface area (Å²) < 4.78 is 1.60. The van der Waals surface area contributed by atoms with Crippen LogP contribution >= 0.6 is 11.8 Å². The zero-order valence-corrected chi connectivity index (χ0v) is 18.1. The Morgan fingerprint density at radius 3 is 2.77 bits per heavy atom. The quantitative estimate of drug-likeness (QED) is 0.514. The lowest BCUT2D eigenvalue weighted by Gasteiger charge is -2.36. The molecule has 30 heavy (non-hydrogen) atoms. The van der Waals surface area contributed by atoms with Gasteiger partial charge in [-0.2, -0.15) is 0 Å². The summed E-state index contributed by atoms with van der Waals surface area (Å²) in [5, 5.41) is 0.518. The van der Waals surface area contributed by atoms with Crippen LogP contribution in [0, 0.1) is 0 Å². The molecule has 2 aromatic rings.